The highest BCUT2D eigenvalue weighted by molar-refractivity contribution is 6.02. The summed E-state index contributed by atoms with van der Waals surface area (Å²) in [4.78, 5) is 24.3. The van der Waals surface area contributed by atoms with E-state index in [1.807, 2.05) is 30.3 Å². The van der Waals surface area contributed by atoms with Gasteiger partial charge in [-0.15, -0.1) is 0 Å². The van der Waals surface area contributed by atoms with Crippen LogP contribution >= 0.6 is 0 Å². The maximum absolute atomic E-state index is 12.3. The van der Waals surface area contributed by atoms with Crippen LogP contribution in [0.5, 0.6) is 0 Å². The molecular formula is C21H20N2O4. The molecule has 0 fully saturated rings. The van der Waals surface area contributed by atoms with Crippen molar-refractivity contribution in [3.8, 4) is 0 Å². The predicted octanol–water partition coefficient (Wildman–Crippen LogP) is 3.65. The molecule has 0 radical (unpaired) electrons. The van der Waals surface area contributed by atoms with Gasteiger partial charge in [-0.25, -0.2) is 0 Å². The lowest BCUT2D eigenvalue weighted by Crippen LogP contribution is -2.29. The van der Waals surface area contributed by atoms with Crippen LogP contribution in [0.25, 0.3) is 0 Å². The molecule has 0 aliphatic rings. The first-order valence-electron chi connectivity index (χ1n) is 8.48. The van der Waals surface area contributed by atoms with Crippen LogP contribution in [0.15, 0.2) is 77.4 Å². The van der Waals surface area contributed by atoms with Crippen LogP contribution in [0, 0.1) is 0 Å². The lowest BCUT2D eigenvalue weighted by molar-refractivity contribution is 0.0828. The van der Waals surface area contributed by atoms with Gasteiger partial charge in [0, 0.05) is 24.9 Å². The molecule has 0 saturated carbocycles. The smallest absolute Gasteiger partial charge is 0.291 e. The van der Waals surface area contributed by atoms with Crippen molar-refractivity contribution in [3.63, 3.8) is 0 Å². The van der Waals surface area contributed by atoms with Gasteiger partial charge in [-0.2, -0.15) is 0 Å². The van der Waals surface area contributed by atoms with E-state index in [2.05, 4.69) is 10.6 Å². The van der Waals surface area contributed by atoms with Gasteiger partial charge >= 0.3 is 0 Å². The van der Waals surface area contributed by atoms with E-state index < -0.39 is 0 Å². The van der Waals surface area contributed by atoms with Crippen LogP contribution in [-0.4, -0.2) is 25.5 Å². The minimum Gasteiger partial charge on any atom is -0.459 e. The Morgan fingerprint density at radius 1 is 0.963 bits per heavy atom. The number of nitrogens with one attached hydrogen (secondary N) is 2. The molecule has 0 aliphatic carbocycles. The first-order valence-corrected chi connectivity index (χ1v) is 8.48. The van der Waals surface area contributed by atoms with Gasteiger partial charge in [-0.3, -0.25) is 9.59 Å². The highest BCUT2D eigenvalue weighted by Crippen LogP contribution is 2.16. The zero-order valence-corrected chi connectivity index (χ0v) is 14.8. The number of anilines is 1. The predicted molar refractivity (Wildman–Crippen MR) is 102 cm³/mol. The molecule has 2 amide bonds. The Hall–Kier alpha value is -3.38. The van der Waals surface area contributed by atoms with Gasteiger partial charge in [0.05, 0.1) is 12.4 Å². The number of carbonyl (C=O) groups excluding carboxylic acids is 2. The number of hydrogen-bond donors (Lipinski definition) is 2. The Labute approximate surface area is 157 Å². The van der Waals surface area contributed by atoms with Crippen molar-refractivity contribution in [2.45, 2.75) is 6.10 Å². The number of furan rings is 1. The Morgan fingerprint density at radius 2 is 1.70 bits per heavy atom. The average Bonchev–Trinajstić information content (AvgIpc) is 3.25. The molecule has 0 bridgehead atoms. The van der Waals surface area contributed by atoms with Crippen LogP contribution in [0.4, 0.5) is 5.69 Å². The highest BCUT2D eigenvalue weighted by atomic mass is 16.5. The van der Waals surface area contributed by atoms with Crippen molar-refractivity contribution in [1.29, 1.82) is 0 Å². The molecule has 1 heterocycles. The van der Waals surface area contributed by atoms with Crippen molar-refractivity contribution >= 4 is 17.5 Å². The number of carbonyl (C=O) groups is 2. The fourth-order valence-electron chi connectivity index (χ4n) is 2.60. The molecule has 0 aliphatic heterocycles. The maximum Gasteiger partial charge on any atom is 0.291 e. The van der Waals surface area contributed by atoms with E-state index in [4.69, 9.17) is 9.15 Å². The lowest BCUT2D eigenvalue weighted by atomic mass is 10.1. The monoisotopic (exact) mass is 364 g/mol. The number of amides is 2. The van der Waals surface area contributed by atoms with Crippen LogP contribution < -0.4 is 10.6 Å². The molecule has 1 atom stereocenters. The normalized spacial score (nSPS) is 11.6. The molecule has 0 saturated heterocycles. The molecule has 0 spiro atoms. The molecular weight excluding hydrogens is 344 g/mol. The van der Waals surface area contributed by atoms with Gasteiger partial charge in [0.1, 0.15) is 0 Å². The molecule has 1 aromatic heterocycles. The quantitative estimate of drug-likeness (QED) is 0.671. The number of ether oxygens (including phenoxy) is 1. The van der Waals surface area contributed by atoms with Crippen molar-refractivity contribution in [1.82, 2.24) is 5.32 Å². The number of methoxy groups -OCH3 is 1. The summed E-state index contributed by atoms with van der Waals surface area (Å²) >= 11 is 0. The minimum atomic E-state index is -0.344. The van der Waals surface area contributed by atoms with Gasteiger partial charge in [0.2, 0.25) is 0 Å². The standard InChI is InChI=1S/C21H20N2O4/c1-26-19(15-6-3-2-4-7-15)14-22-20(24)16-9-11-17(12-10-16)23-21(25)18-8-5-13-27-18/h2-13,19H,14H2,1H3,(H,22,24)(H,23,25). The summed E-state index contributed by atoms with van der Waals surface area (Å²) in [5, 5.41) is 5.57. The molecule has 2 aromatic carbocycles. The molecule has 6 heteroatoms. The minimum absolute atomic E-state index is 0.211. The van der Waals surface area contributed by atoms with Gasteiger partial charge in [-0.05, 0) is 42.0 Å². The average molecular weight is 364 g/mol. The Morgan fingerprint density at radius 3 is 2.33 bits per heavy atom. The summed E-state index contributed by atoms with van der Waals surface area (Å²) in [6, 6.07) is 19.6. The molecule has 2 N–H and O–H groups in total. The molecule has 6 nitrogen and oxygen atoms in total. The Bertz CT molecular complexity index is 874. The van der Waals surface area contributed by atoms with E-state index in [0.29, 0.717) is 17.8 Å². The van der Waals surface area contributed by atoms with E-state index in [-0.39, 0.29) is 23.7 Å². The van der Waals surface area contributed by atoms with Crippen LogP contribution in [0.3, 0.4) is 0 Å². The number of benzene rings is 2. The summed E-state index contributed by atoms with van der Waals surface area (Å²) in [6.07, 6.45) is 1.22. The maximum atomic E-state index is 12.3. The summed E-state index contributed by atoms with van der Waals surface area (Å²) in [5.41, 5.74) is 2.07. The lowest BCUT2D eigenvalue weighted by Gasteiger charge is -2.16. The third-order valence-electron chi connectivity index (χ3n) is 4.05. The van der Waals surface area contributed by atoms with Crippen LogP contribution in [-0.2, 0) is 4.74 Å². The van der Waals surface area contributed by atoms with E-state index in [0.717, 1.165) is 5.56 Å². The molecule has 27 heavy (non-hydrogen) atoms. The van der Waals surface area contributed by atoms with Gasteiger partial charge in [0.25, 0.3) is 11.8 Å². The summed E-state index contributed by atoms with van der Waals surface area (Å²) in [7, 11) is 1.61. The third kappa shape index (κ3) is 4.83. The fraction of sp³-hybridized carbons (Fsp3) is 0.143. The van der Waals surface area contributed by atoms with E-state index in [1.54, 1.807) is 43.5 Å². The zero-order chi connectivity index (χ0) is 19.1. The van der Waals surface area contributed by atoms with Gasteiger partial charge < -0.3 is 19.8 Å². The van der Waals surface area contributed by atoms with Gasteiger partial charge in [-0.1, -0.05) is 30.3 Å². The topological polar surface area (TPSA) is 80.6 Å². The SMILES string of the molecule is COC(CNC(=O)c1ccc(NC(=O)c2ccco2)cc1)c1ccccc1. The second-order valence-corrected chi connectivity index (χ2v) is 5.85. The molecule has 3 aromatic rings. The zero-order valence-electron chi connectivity index (χ0n) is 14.8. The van der Waals surface area contributed by atoms with Crippen molar-refractivity contribution in [2.75, 3.05) is 19.0 Å². The second kappa shape index (κ2) is 8.82. The van der Waals surface area contributed by atoms with Crippen LogP contribution in [0.1, 0.15) is 32.6 Å². The fourth-order valence-corrected chi connectivity index (χ4v) is 2.60. The van der Waals surface area contributed by atoms with Gasteiger partial charge in [0.15, 0.2) is 5.76 Å². The summed E-state index contributed by atoms with van der Waals surface area (Å²) in [5.74, 6) is -0.330. The Kier molecular flexibility index (Phi) is 6.02. The first-order chi connectivity index (χ1) is 13.2. The van der Waals surface area contributed by atoms with Crippen molar-refractivity contribution in [3.05, 3.63) is 89.9 Å². The highest BCUT2D eigenvalue weighted by Gasteiger charge is 2.13. The van der Waals surface area contributed by atoms with E-state index in [9.17, 15) is 9.59 Å². The molecule has 3 rings (SSSR count). The van der Waals surface area contributed by atoms with Crippen LogP contribution in [0.2, 0.25) is 0 Å². The van der Waals surface area contributed by atoms with E-state index in [1.165, 1.54) is 6.26 Å². The van der Waals surface area contributed by atoms with Crippen molar-refractivity contribution < 1.29 is 18.7 Å². The Balaban J connectivity index is 1.56. The van der Waals surface area contributed by atoms with E-state index >= 15 is 0 Å². The molecule has 138 valence electrons. The number of rotatable bonds is 7. The number of hydrogen-bond acceptors (Lipinski definition) is 4. The van der Waals surface area contributed by atoms with Crippen molar-refractivity contribution in [2.24, 2.45) is 0 Å². The second-order valence-electron chi connectivity index (χ2n) is 5.85. The third-order valence-corrected chi connectivity index (χ3v) is 4.05. The first kappa shape index (κ1) is 18.4. The largest absolute Gasteiger partial charge is 0.459 e. The summed E-state index contributed by atoms with van der Waals surface area (Å²) < 4.78 is 10.5. The summed E-state index contributed by atoms with van der Waals surface area (Å²) in [6.45, 7) is 0.357. The molecule has 1 unspecified atom stereocenters.